The molecule has 0 spiro atoms. The maximum Gasteiger partial charge on any atom is 0.305 e. The Morgan fingerprint density at radius 3 is 2.47 bits per heavy atom. The quantitative estimate of drug-likeness (QED) is 0.816. The fourth-order valence-corrected chi connectivity index (χ4v) is 3.01. The summed E-state index contributed by atoms with van der Waals surface area (Å²) in [6, 6.07) is 0.0908. The number of rotatable bonds is 4. The van der Waals surface area contributed by atoms with Crippen LogP contribution >= 0.6 is 0 Å². The number of likely N-dealkylation sites (tertiary alicyclic amines) is 1. The lowest BCUT2D eigenvalue weighted by Crippen LogP contribution is -2.45. The number of hydrogen-bond acceptors (Lipinski definition) is 3. The van der Waals surface area contributed by atoms with Crippen molar-refractivity contribution < 1.29 is 14.6 Å². The van der Waals surface area contributed by atoms with E-state index in [0.29, 0.717) is 0 Å². The topological polar surface area (TPSA) is 49.8 Å². The first-order valence-electron chi connectivity index (χ1n) is 6.85. The van der Waals surface area contributed by atoms with Crippen LogP contribution in [0.1, 0.15) is 44.9 Å². The zero-order valence-corrected chi connectivity index (χ0v) is 10.4. The lowest BCUT2D eigenvalue weighted by molar-refractivity contribution is -0.139. The van der Waals surface area contributed by atoms with Gasteiger partial charge in [-0.2, -0.15) is 0 Å². The molecule has 0 aromatic heterocycles. The molecule has 2 heterocycles. The Morgan fingerprint density at radius 1 is 1.24 bits per heavy atom. The molecule has 4 heteroatoms. The number of nitrogens with zero attached hydrogens (tertiary/aromatic N) is 1. The SMILES string of the molecule is O=C(O)CC(C1CCCO1)N1CCCCCC1. The van der Waals surface area contributed by atoms with E-state index in [2.05, 4.69) is 4.90 Å². The summed E-state index contributed by atoms with van der Waals surface area (Å²) in [5.74, 6) is -0.699. The Labute approximate surface area is 103 Å². The van der Waals surface area contributed by atoms with Crippen molar-refractivity contribution in [1.82, 2.24) is 4.90 Å². The third kappa shape index (κ3) is 3.68. The van der Waals surface area contributed by atoms with Crippen LogP contribution in [0.4, 0.5) is 0 Å². The molecule has 2 saturated heterocycles. The van der Waals surface area contributed by atoms with Crippen LogP contribution in [0.2, 0.25) is 0 Å². The normalized spacial score (nSPS) is 28.8. The first kappa shape index (κ1) is 12.8. The van der Waals surface area contributed by atoms with Gasteiger partial charge in [0.2, 0.25) is 0 Å². The number of carboxylic acids is 1. The van der Waals surface area contributed by atoms with Gasteiger partial charge in [0.25, 0.3) is 0 Å². The van der Waals surface area contributed by atoms with Crippen LogP contribution in [0.3, 0.4) is 0 Å². The van der Waals surface area contributed by atoms with Crippen LogP contribution < -0.4 is 0 Å². The Kier molecular flexibility index (Phi) is 4.80. The lowest BCUT2D eigenvalue weighted by Gasteiger charge is -2.33. The second-order valence-corrected chi connectivity index (χ2v) is 5.17. The zero-order chi connectivity index (χ0) is 12.1. The summed E-state index contributed by atoms with van der Waals surface area (Å²) >= 11 is 0. The molecule has 2 unspecified atom stereocenters. The minimum absolute atomic E-state index is 0.0908. The summed E-state index contributed by atoms with van der Waals surface area (Å²) in [7, 11) is 0. The Bertz CT molecular complexity index is 243. The molecule has 2 atom stereocenters. The molecule has 0 radical (unpaired) electrons. The molecule has 0 aliphatic carbocycles. The standard InChI is InChI=1S/C13H23NO3/c15-13(16)10-11(12-6-5-9-17-12)14-7-3-1-2-4-8-14/h11-12H,1-10H2,(H,15,16). The highest BCUT2D eigenvalue weighted by Gasteiger charge is 2.32. The maximum atomic E-state index is 11.0. The van der Waals surface area contributed by atoms with Gasteiger partial charge in [-0.05, 0) is 38.8 Å². The molecular weight excluding hydrogens is 218 g/mol. The fourth-order valence-electron chi connectivity index (χ4n) is 3.01. The largest absolute Gasteiger partial charge is 0.481 e. The third-order valence-electron chi connectivity index (χ3n) is 3.89. The number of aliphatic carboxylic acids is 1. The molecule has 1 N–H and O–H groups in total. The summed E-state index contributed by atoms with van der Waals surface area (Å²) in [6.45, 7) is 2.88. The molecule has 0 saturated carbocycles. The van der Waals surface area contributed by atoms with Gasteiger partial charge >= 0.3 is 5.97 Å². The summed E-state index contributed by atoms with van der Waals surface area (Å²) in [5.41, 5.74) is 0. The molecule has 4 nitrogen and oxygen atoms in total. The highest BCUT2D eigenvalue weighted by atomic mass is 16.5. The molecule has 0 bridgehead atoms. The minimum Gasteiger partial charge on any atom is -0.481 e. The van der Waals surface area contributed by atoms with Crippen LogP contribution in [0.5, 0.6) is 0 Å². The smallest absolute Gasteiger partial charge is 0.305 e. The molecule has 98 valence electrons. The van der Waals surface area contributed by atoms with E-state index in [1.54, 1.807) is 0 Å². The molecule has 0 amide bonds. The average molecular weight is 241 g/mol. The van der Waals surface area contributed by atoms with Gasteiger partial charge in [0.05, 0.1) is 12.5 Å². The Morgan fingerprint density at radius 2 is 1.94 bits per heavy atom. The predicted octanol–water partition coefficient (Wildman–Crippen LogP) is 1.88. The highest BCUT2D eigenvalue weighted by molar-refractivity contribution is 5.67. The van der Waals surface area contributed by atoms with Crippen molar-refractivity contribution >= 4 is 5.97 Å². The van der Waals surface area contributed by atoms with Crippen LogP contribution in [0.15, 0.2) is 0 Å². The van der Waals surface area contributed by atoms with E-state index < -0.39 is 5.97 Å². The van der Waals surface area contributed by atoms with Gasteiger partial charge in [0.15, 0.2) is 0 Å². The third-order valence-corrected chi connectivity index (χ3v) is 3.89. The molecule has 0 aromatic rings. The van der Waals surface area contributed by atoms with Crippen molar-refractivity contribution in [3.8, 4) is 0 Å². The number of hydrogen-bond donors (Lipinski definition) is 1. The first-order valence-corrected chi connectivity index (χ1v) is 6.85. The van der Waals surface area contributed by atoms with E-state index in [0.717, 1.165) is 32.5 Å². The van der Waals surface area contributed by atoms with Gasteiger partial charge in [-0.3, -0.25) is 9.69 Å². The fraction of sp³-hybridized carbons (Fsp3) is 0.923. The molecule has 17 heavy (non-hydrogen) atoms. The van der Waals surface area contributed by atoms with Gasteiger partial charge in [0.1, 0.15) is 0 Å². The van der Waals surface area contributed by atoms with Crippen LogP contribution in [-0.4, -0.2) is 47.8 Å². The van der Waals surface area contributed by atoms with E-state index in [1.165, 1.54) is 25.7 Å². The maximum absolute atomic E-state index is 11.0. The Balaban J connectivity index is 1.98. The molecule has 2 aliphatic heterocycles. The lowest BCUT2D eigenvalue weighted by atomic mass is 10.0. The molecule has 2 aliphatic rings. The van der Waals surface area contributed by atoms with Crippen LogP contribution in [-0.2, 0) is 9.53 Å². The van der Waals surface area contributed by atoms with Crippen LogP contribution in [0.25, 0.3) is 0 Å². The van der Waals surface area contributed by atoms with Crippen molar-refractivity contribution in [2.24, 2.45) is 0 Å². The summed E-state index contributed by atoms with van der Waals surface area (Å²) in [4.78, 5) is 13.4. The monoisotopic (exact) mass is 241 g/mol. The van der Waals surface area contributed by atoms with E-state index in [9.17, 15) is 4.79 Å². The summed E-state index contributed by atoms with van der Waals surface area (Å²) in [5, 5.41) is 9.06. The molecule has 0 aromatic carbocycles. The van der Waals surface area contributed by atoms with Crippen molar-refractivity contribution in [3.63, 3.8) is 0 Å². The van der Waals surface area contributed by atoms with E-state index >= 15 is 0 Å². The summed E-state index contributed by atoms with van der Waals surface area (Å²) in [6.07, 6.45) is 7.42. The number of carbonyl (C=O) groups is 1. The second-order valence-electron chi connectivity index (χ2n) is 5.17. The van der Waals surface area contributed by atoms with Crippen molar-refractivity contribution in [2.75, 3.05) is 19.7 Å². The average Bonchev–Trinajstić information content (AvgIpc) is 2.68. The van der Waals surface area contributed by atoms with E-state index in [-0.39, 0.29) is 18.6 Å². The van der Waals surface area contributed by atoms with E-state index in [1.807, 2.05) is 0 Å². The molecule has 2 rings (SSSR count). The van der Waals surface area contributed by atoms with Crippen molar-refractivity contribution in [1.29, 1.82) is 0 Å². The molecular formula is C13H23NO3. The summed E-state index contributed by atoms with van der Waals surface area (Å²) < 4.78 is 5.71. The Hall–Kier alpha value is -0.610. The van der Waals surface area contributed by atoms with E-state index in [4.69, 9.17) is 9.84 Å². The number of ether oxygens (including phenoxy) is 1. The van der Waals surface area contributed by atoms with Crippen LogP contribution in [0, 0.1) is 0 Å². The minimum atomic E-state index is -0.699. The van der Waals surface area contributed by atoms with Gasteiger partial charge < -0.3 is 9.84 Å². The van der Waals surface area contributed by atoms with Crippen molar-refractivity contribution in [2.45, 2.75) is 57.1 Å². The number of carboxylic acid groups (broad SMARTS) is 1. The first-order chi connectivity index (χ1) is 8.27. The van der Waals surface area contributed by atoms with Gasteiger partial charge in [-0.1, -0.05) is 12.8 Å². The van der Waals surface area contributed by atoms with Gasteiger partial charge in [-0.15, -0.1) is 0 Å². The van der Waals surface area contributed by atoms with Crippen molar-refractivity contribution in [3.05, 3.63) is 0 Å². The van der Waals surface area contributed by atoms with Gasteiger partial charge in [-0.25, -0.2) is 0 Å². The zero-order valence-electron chi connectivity index (χ0n) is 10.4. The molecule has 2 fully saturated rings. The second kappa shape index (κ2) is 6.36. The van der Waals surface area contributed by atoms with Gasteiger partial charge in [0, 0.05) is 12.6 Å². The predicted molar refractivity (Wildman–Crippen MR) is 65.1 cm³/mol. The highest BCUT2D eigenvalue weighted by Crippen LogP contribution is 2.24.